The van der Waals surface area contributed by atoms with Crippen LogP contribution in [0.4, 0.5) is 0 Å². The zero-order valence-corrected chi connectivity index (χ0v) is 24.8. The summed E-state index contributed by atoms with van der Waals surface area (Å²) in [6.45, 7) is 12.3. The van der Waals surface area contributed by atoms with Gasteiger partial charge in [0.1, 0.15) is 6.61 Å². The SMILES string of the molecule is COCc1ccccc1CO[Si](C)(C)[Si](C)(C)Cc1ccccc1COC(=O)c1ccc(C(C)=O)cc1. The van der Waals surface area contributed by atoms with E-state index in [1.807, 2.05) is 30.3 Å². The third-order valence-corrected chi connectivity index (χ3v) is 23.4. The summed E-state index contributed by atoms with van der Waals surface area (Å²) >= 11 is 0. The van der Waals surface area contributed by atoms with Gasteiger partial charge in [0.25, 0.3) is 0 Å². The van der Waals surface area contributed by atoms with Gasteiger partial charge in [0.2, 0.25) is 0 Å². The van der Waals surface area contributed by atoms with Gasteiger partial charge in [-0.3, -0.25) is 4.79 Å². The molecule has 0 heterocycles. The fraction of sp³-hybridized carbons (Fsp3) is 0.333. The highest BCUT2D eigenvalue weighted by Crippen LogP contribution is 2.28. The van der Waals surface area contributed by atoms with Gasteiger partial charge in [0.05, 0.1) is 26.4 Å². The van der Waals surface area contributed by atoms with Crippen LogP contribution in [0.1, 0.15) is 49.9 Å². The fourth-order valence-electron chi connectivity index (χ4n) is 4.08. The summed E-state index contributed by atoms with van der Waals surface area (Å²) in [5.74, 6) is -0.426. The average molecular weight is 535 g/mol. The van der Waals surface area contributed by atoms with Gasteiger partial charge in [-0.1, -0.05) is 73.8 Å². The van der Waals surface area contributed by atoms with Crippen molar-refractivity contribution in [2.75, 3.05) is 7.11 Å². The van der Waals surface area contributed by atoms with Crippen molar-refractivity contribution in [1.82, 2.24) is 0 Å². The van der Waals surface area contributed by atoms with Crippen molar-refractivity contribution < 1.29 is 23.5 Å². The van der Waals surface area contributed by atoms with E-state index in [-0.39, 0.29) is 12.4 Å². The summed E-state index contributed by atoms with van der Waals surface area (Å²) in [5.41, 5.74) is 5.59. The van der Waals surface area contributed by atoms with Crippen LogP contribution in [0.15, 0.2) is 72.8 Å². The summed E-state index contributed by atoms with van der Waals surface area (Å²) in [5, 5.41) is 0. The van der Waals surface area contributed by atoms with E-state index < -0.39 is 21.4 Å². The highest BCUT2D eigenvalue weighted by atomic mass is 29.3. The number of methoxy groups -OCH3 is 1. The summed E-state index contributed by atoms with van der Waals surface area (Å²) in [7, 11) is -2.12. The van der Waals surface area contributed by atoms with Gasteiger partial charge in [-0.2, -0.15) is 0 Å². The third kappa shape index (κ3) is 7.58. The minimum atomic E-state index is -2.01. The molecule has 0 unspecified atom stereocenters. The molecule has 0 spiro atoms. The van der Waals surface area contributed by atoms with Crippen LogP contribution in [0.3, 0.4) is 0 Å². The highest BCUT2D eigenvalue weighted by molar-refractivity contribution is 7.37. The molecule has 7 heteroatoms. The van der Waals surface area contributed by atoms with Gasteiger partial charge in [0, 0.05) is 12.7 Å². The second-order valence-electron chi connectivity index (χ2n) is 10.5. The van der Waals surface area contributed by atoms with E-state index in [4.69, 9.17) is 13.9 Å². The molecule has 0 fully saturated rings. The van der Waals surface area contributed by atoms with E-state index in [1.54, 1.807) is 31.4 Å². The normalized spacial score (nSPS) is 11.8. The van der Waals surface area contributed by atoms with Crippen molar-refractivity contribution in [3.8, 4) is 0 Å². The fourth-order valence-corrected chi connectivity index (χ4v) is 9.94. The molecule has 0 saturated heterocycles. The Morgan fingerprint density at radius 3 is 1.70 bits per heavy atom. The lowest BCUT2D eigenvalue weighted by molar-refractivity contribution is 0.0471. The number of carbonyl (C=O) groups is 2. The molecule has 0 saturated carbocycles. The van der Waals surface area contributed by atoms with Crippen molar-refractivity contribution >= 4 is 27.2 Å². The number of ketones is 1. The van der Waals surface area contributed by atoms with Crippen LogP contribution in [0.25, 0.3) is 0 Å². The van der Waals surface area contributed by atoms with E-state index in [2.05, 4.69) is 44.4 Å². The molecule has 0 aromatic heterocycles. The molecule has 0 amide bonds. The largest absolute Gasteiger partial charge is 0.457 e. The number of carbonyl (C=O) groups excluding carboxylic acids is 2. The number of Topliss-reactive ketones (excluding diaryl/α,β-unsaturated/α-hetero) is 1. The second-order valence-corrected chi connectivity index (χ2v) is 25.6. The van der Waals surface area contributed by atoms with Gasteiger partial charge in [-0.15, -0.1) is 0 Å². The molecule has 196 valence electrons. The smallest absolute Gasteiger partial charge is 0.338 e. The Labute approximate surface area is 222 Å². The number of hydrogen-bond acceptors (Lipinski definition) is 5. The summed E-state index contributed by atoms with van der Waals surface area (Å²) in [6, 6.07) is 24.0. The lowest BCUT2D eigenvalue weighted by Gasteiger charge is -2.38. The van der Waals surface area contributed by atoms with E-state index in [9.17, 15) is 9.59 Å². The molecule has 0 N–H and O–H groups in total. The van der Waals surface area contributed by atoms with Gasteiger partial charge in [0.15, 0.2) is 13.6 Å². The molecule has 0 aliphatic carbocycles. The van der Waals surface area contributed by atoms with Gasteiger partial charge in [-0.25, -0.2) is 4.79 Å². The minimum absolute atomic E-state index is 0.0322. The first-order valence-corrected chi connectivity index (χ1v) is 19.7. The Morgan fingerprint density at radius 1 is 0.676 bits per heavy atom. The first kappa shape index (κ1) is 28.7. The lowest BCUT2D eigenvalue weighted by Crippen LogP contribution is -2.58. The topological polar surface area (TPSA) is 61.8 Å². The van der Waals surface area contributed by atoms with Crippen molar-refractivity contribution in [3.05, 3.63) is 106 Å². The molecular formula is C30H38O5Si2. The molecule has 0 aliphatic rings. The molecule has 0 radical (unpaired) electrons. The first-order chi connectivity index (χ1) is 17.5. The number of esters is 1. The Bertz CT molecular complexity index is 1220. The number of ether oxygens (including phenoxy) is 2. The van der Waals surface area contributed by atoms with Gasteiger partial charge < -0.3 is 13.9 Å². The van der Waals surface area contributed by atoms with Crippen LogP contribution in [0, 0.1) is 0 Å². The predicted octanol–water partition coefficient (Wildman–Crippen LogP) is 6.68. The molecule has 0 atom stereocenters. The maximum Gasteiger partial charge on any atom is 0.338 e. The lowest BCUT2D eigenvalue weighted by atomic mass is 10.1. The highest BCUT2D eigenvalue weighted by Gasteiger charge is 2.43. The van der Waals surface area contributed by atoms with Crippen molar-refractivity contribution in [2.45, 2.75) is 59.0 Å². The van der Waals surface area contributed by atoms with E-state index in [1.165, 1.54) is 18.1 Å². The Morgan fingerprint density at radius 2 is 1.16 bits per heavy atom. The van der Waals surface area contributed by atoms with Crippen LogP contribution in [0.2, 0.25) is 26.2 Å². The molecule has 37 heavy (non-hydrogen) atoms. The van der Waals surface area contributed by atoms with E-state index in [0.29, 0.717) is 24.3 Å². The first-order valence-electron chi connectivity index (χ1n) is 12.6. The monoisotopic (exact) mass is 534 g/mol. The van der Waals surface area contributed by atoms with Crippen LogP contribution in [-0.2, 0) is 39.8 Å². The Kier molecular flexibility index (Phi) is 9.78. The number of hydrogen-bond donors (Lipinski definition) is 0. The quantitative estimate of drug-likeness (QED) is 0.147. The molecule has 3 aromatic carbocycles. The maximum atomic E-state index is 12.6. The standard InChI is InChI=1S/C30H38O5Si2/c1-23(31)24-15-17-25(18-16-24)30(32)34-20-27-12-9-10-14-29(27)22-36(3,4)37(5,6)35-21-28-13-8-7-11-26(28)19-33-2/h7-18H,19-22H2,1-6H3. The van der Waals surface area contributed by atoms with Gasteiger partial charge >= 0.3 is 5.97 Å². The molecule has 3 aromatic rings. The van der Waals surface area contributed by atoms with Crippen LogP contribution < -0.4 is 0 Å². The number of rotatable bonds is 12. The molecular weight excluding hydrogens is 496 g/mol. The average Bonchev–Trinajstić information content (AvgIpc) is 2.87. The Balaban J connectivity index is 1.67. The van der Waals surface area contributed by atoms with E-state index in [0.717, 1.165) is 17.2 Å². The molecule has 5 nitrogen and oxygen atoms in total. The van der Waals surface area contributed by atoms with Crippen molar-refractivity contribution in [3.63, 3.8) is 0 Å². The van der Waals surface area contributed by atoms with Crippen molar-refractivity contribution in [2.24, 2.45) is 0 Å². The summed E-state index contributed by atoms with van der Waals surface area (Å²) in [4.78, 5) is 24.1. The van der Waals surface area contributed by atoms with Crippen LogP contribution >= 0.6 is 0 Å². The molecule has 0 aliphatic heterocycles. The predicted molar refractivity (Wildman–Crippen MR) is 153 cm³/mol. The minimum Gasteiger partial charge on any atom is -0.457 e. The maximum absolute atomic E-state index is 12.6. The third-order valence-electron chi connectivity index (χ3n) is 7.27. The summed E-state index contributed by atoms with van der Waals surface area (Å²) < 4.78 is 17.7. The molecule has 3 rings (SSSR count). The van der Waals surface area contributed by atoms with Gasteiger partial charge in [-0.05, 0) is 60.4 Å². The molecule has 0 bridgehead atoms. The summed E-state index contributed by atoms with van der Waals surface area (Å²) in [6.07, 6.45) is 0. The van der Waals surface area contributed by atoms with E-state index >= 15 is 0 Å². The van der Waals surface area contributed by atoms with Crippen molar-refractivity contribution in [1.29, 1.82) is 0 Å². The van der Waals surface area contributed by atoms with Crippen LogP contribution in [-0.4, -0.2) is 34.3 Å². The van der Waals surface area contributed by atoms with Crippen LogP contribution in [0.5, 0.6) is 0 Å². The zero-order chi connectivity index (χ0) is 27.1. The zero-order valence-electron chi connectivity index (χ0n) is 22.8. The number of benzene rings is 3. The Hall–Kier alpha value is -2.85. The second kappa shape index (κ2) is 12.6.